The largest absolute Gasteiger partial charge is 0.349 e. The van der Waals surface area contributed by atoms with E-state index in [2.05, 4.69) is 5.32 Å². The molecule has 0 radical (unpaired) electrons. The summed E-state index contributed by atoms with van der Waals surface area (Å²) in [5.74, 6) is -0.396. The molecule has 0 spiro atoms. The maximum atomic E-state index is 12.5. The summed E-state index contributed by atoms with van der Waals surface area (Å²) in [6.07, 6.45) is 0. The van der Waals surface area contributed by atoms with Crippen LogP contribution in [0, 0.1) is 5.92 Å². The molecule has 3 atom stereocenters. The average Bonchev–Trinajstić information content (AvgIpc) is 2.54. The number of rotatable bonds is 8. The van der Waals surface area contributed by atoms with Crippen LogP contribution in [0.3, 0.4) is 0 Å². The number of nitrogens with two attached hydrogens (primary N) is 1. The van der Waals surface area contributed by atoms with E-state index in [1.165, 1.54) is 4.31 Å². The van der Waals surface area contributed by atoms with Gasteiger partial charge in [0.1, 0.15) is 0 Å². The molecule has 1 aromatic carbocycles. The molecule has 6 nitrogen and oxygen atoms in total. The number of nitrogens with one attached hydrogen (secondary N) is 1. The number of amides is 1. The summed E-state index contributed by atoms with van der Waals surface area (Å²) >= 11 is 0. The van der Waals surface area contributed by atoms with E-state index in [-0.39, 0.29) is 28.8 Å². The fourth-order valence-electron chi connectivity index (χ4n) is 2.31. The number of hydrogen-bond acceptors (Lipinski definition) is 4. The van der Waals surface area contributed by atoms with Gasteiger partial charge in [-0.25, -0.2) is 8.42 Å². The monoisotopic (exact) mass is 355 g/mol. The molecule has 0 saturated heterocycles. The number of carbonyl (C=O) groups is 1. The first kappa shape index (κ1) is 20.6. The molecule has 0 aliphatic rings. The Morgan fingerprint density at radius 2 is 1.62 bits per heavy atom. The quantitative estimate of drug-likeness (QED) is 0.744. The van der Waals surface area contributed by atoms with Crippen LogP contribution in [0.1, 0.15) is 46.2 Å². The van der Waals surface area contributed by atoms with E-state index in [0.717, 1.165) is 5.56 Å². The molecule has 0 aliphatic carbocycles. The molecule has 0 saturated carbocycles. The fourth-order valence-corrected chi connectivity index (χ4v) is 3.77. The lowest BCUT2D eigenvalue weighted by atomic mass is 10.0. The molecule has 0 aliphatic heterocycles. The first-order valence-electron chi connectivity index (χ1n) is 8.31. The highest BCUT2D eigenvalue weighted by molar-refractivity contribution is 7.89. The first-order valence-corrected chi connectivity index (χ1v) is 9.75. The van der Waals surface area contributed by atoms with Crippen molar-refractivity contribution in [3.8, 4) is 0 Å². The minimum absolute atomic E-state index is 0.114. The molecule has 7 heteroatoms. The number of carbonyl (C=O) groups excluding carboxylic acids is 1. The van der Waals surface area contributed by atoms with E-state index in [4.69, 9.17) is 5.73 Å². The summed E-state index contributed by atoms with van der Waals surface area (Å²) in [4.78, 5) is 12.3. The summed E-state index contributed by atoms with van der Waals surface area (Å²) in [5.41, 5.74) is 6.59. The van der Waals surface area contributed by atoms with Crippen LogP contribution in [-0.2, 0) is 14.8 Å². The lowest BCUT2D eigenvalue weighted by Crippen LogP contribution is -2.39. The third-order valence-electron chi connectivity index (χ3n) is 4.28. The zero-order valence-electron chi connectivity index (χ0n) is 15.1. The second-order valence-electron chi connectivity index (χ2n) is 6.04. The molecule has 3 unspecified atom stereocenters. The third-order valence-corrected chi connectivity index (χ3v) is 6.35. The van der Waals surface area contributed by atoms with Gasteiger partial charge < -0.3 is 11.1 Å². The molecular weight excluding hydrogens is 326 g/mol. The van der Waals surface area contributed by atoms with Crippen LogP contribution < -0.4 is 11.1 Å². The summed E-state index contributed by atoms with van der Waals surface area (Å²) in [6.45, 7) is 9.93. The van der Waals surface area contributed by atoms with E-state index in [1.54, 1.807) is 38.1 Å². The van der Waals surface area contributed by atoms with E-state index >= 15 is 0 Å². The Hall–Kier alpha value is -1.44. The summed E-state index contributed by atoms with van der Waals surface area (Å²) in [5, 5.41) is 2.90. The molecule has 24 heavy (non-hydrogen) atoms. The third kappa shape index (κ3) is 4.78. The van der Waals surface area contributed by atoms with Crippen LogP contribution >= 0.6 is 0 Å². The Bertz CT molecular complexity index is 638. The molecule has 0 heterocycles. The first-order chi connectivity index (χ1) is 11.1. The van der Waals surface area contributed by atoms with Crippen molar-refractivity contribution in [1.82, 2.24) is 9.62 Å². The molecular formula is C17H29N3O3S. The summed E-state index contributed by atoms with van der Waals surface area (Å²) in [6, 6.07) is 6.19. The van der Waals surface area contributed by atoms with Crippen molar-refractivity contribution < 1.29 is 13.2 Å². The van der Waals surface area contributed by atoms with E-state index in [1.807, 2.05) is 20.8 Å². The zero-order valence-corrected chi connectivity index (χ0v) is 15.9. The van der Waals surface area contributed by atoms with Crippen molar-refractivity contribution in [1.29, 1.82) is 0 Å². The molecule has 0 aromatic heterocycles. The van der Waals surface area contributed by atoms with Gasteiger partial charge in [0.2, 0.25) is 15.9 Å². The average molecular weight is 356 g/mol. The maximum Gasteiger partial charge on any atom is 0.243 e. The van der Waals surface area contributed by atoms with Crippen molar-refractivity contribution in [2.24, 2.45) is 11.7 Å². The highest BCUT2D eigenvalue weighted by atomic mass is 32.2. The van der Waals surface area contributed by atoms with Gasteiger partial charge in [0.25, 0.3) is 0 Å². The van der Waals surface area contributed by atoms with Gasteiger partial charge in [0, 0.05) is 25.0 Å². The normalized spacial score (nSPS) is 15.8. The fraction of sp³-hybridized carbons (Fsp3) is 0.588. The maximum absolute atomic E-state index is 12.5. The van der Waals surface area contributed by atoms with Crippen molar-refractivity contribution in [3.63, 3.8) is 0 Å². The van der Waals surface area contributed by atoms with E-state index < -0.39 is 10.0 Å². The van der Waals surface area contributed by atoms with Gasteiger partial charge in [0.05, 0.1) is 10.9 Å². The number of benzene rings is 1. The summed E-state index contributed by atoms with van der Waals surface area (Å²) < 4.78 is 26.3. The molecule has 1 rings (SSSR count). The lowest BCUT2D eigenvalue weighted by molar-refractivity contribution is -0.125. The van der Waals surface area contributed by atoms with Crippen molar-refractivity contribution in [2.45, 2.75) is 51.6 Å². The standard InChI is InChI=1S/C17H29N3O3S/c1-6-20(7-2)24(22,23)16-10-8-15(9-11-16)14(5)19-17(21)12(3)13(4)18/h8-14H,6-7,18H2,1-5H3,(H,19,21). The summed E-state index contributed by atoms with van der Waals surface area (Å²) in [7, 11) is -3.46. The van der Waals surface area contributed by atoms with Gasteiger partial charge in [-0.05, 0) is 31.5 Å². The van der Waals surface area contributed by atoms with Crippen LogP contribution in [0.5, 0.6) is 0 Å². The van der Waals surface area contributed by atoms with Gasteiger partial charge >= 0.3 is 0 Å². The SMILES string of the molecule is CCN(CC)S(=O)(=O)c1ccc(C(C)NC(=O)C(C)C(C)N)cc1. The Balaban J connectivity index is 2.89. The molecule has 1 amide bonds. The van der Waals surface area contributed by atoms with Crippen molar-refractivity contribution in [3.05, 3.63) is 29.8 Å². The topological polar surface area (TPSA) is 92.5 Å². The lowest BCUT2D eigenvalue weighted by Gasteiger charge is -2.21. The Kier molecular flexibility index (Phi) is 7.38. The molecule has 1 aromatic rings. The minimum Gasteiger partial charge on any atom is -0.349 e. The molecule has 0 fully saturated rings. The number of hydrogen-bond donors (Lipinski definition) is 2. The minimum atomic E-state index is -3.46. The predicted molar refractivity (Wildman–Crippen MR) is 95.9 cm³/mol. The Morgan fingerprint density at radius 1 is 1.12 bits per heavy atom. The Labute approximate surface area is 145 Å². The zero-order chi connectivity index (χ0) is 18.5. The smallest absolute Gasteiger partial charge is 0.243 e. The highest BCUT2D eigenvalue weighted by Gasteiger charge is 2.22. The van der Waals surface area contributed by atoms with Gasteiger partial charge in [-0.2, -0.15) is 4.31 Å². The molecule has 0 bridgehead atoms. The van der Waals surface area contributed by atoms with E-state index in [9.17, 15) is 13.2 Å². The van der Waals surface area contributed by atoms with E-state index in [0.29, 0.717) is 13.1 Å². The van der Waals surface area contributed by atoms with Gasteiger partial charge in [-0.3, -0.25) is 4.79 Å². The molecule has 3 N–H and O–H groups in total. The van der Waals surface area contributed by atoms with Crippen molar-refractivity contribution in [2.75, 3.05) is 13.1 Å². The number of nitrogens with zero attached hydrogens (tertiary/aromatic N) is 1. The second kappa shape index (κ2) is 8.60. The predicted octanol–water partition coefficient (Wildman–Crippen LogP) is 1.88. The van der Waals surface area contributed by atoms with Crippen molar-refractivity contribution >= 4 is 15.9 Å². The van der Waals surface area contributed by atoms with Crippen LogP contribution in [0.2, 0.25) is 0 Å². The van der Waals surface area contributed by atoms with Gasteiger partial charge in [-0.1, -0.05) is 32.9 Å². The van der Waals surface area contributed by atoms with Gasteiger partial charge in [-0.15, -0.1) is 0 Å². The highest BCUT2D eigenvalue weighted by Crippen LogP contribution is 2.19. The second-order valence-corrected chi connectivity index (χ2v) is 7.97. The van der Waals surface area contributed by atoms with Crippen LogP contribution in [0.4, 0.5) is 0 Å². The van der Waals surface area contributed by atoms with Crippen LogP contribution in [-0.4, -0.2) is 37.8 Å². The van der Waals surface area contributed by atoms with Gasteiger partial charge in [0.15, 0.2) is 0 Å². The Morgan fingerprint density at radius 3 is 2.04 bits per heavy atom. The van der Waals surface area contributed by atoms with Crippen LogP contribution in [0.15, 0.2) is 29.2 Å². The molecule has 136 valence electrons. The number of sulfonamides is 1. The van der Waals surface area contributed by atoms with Crippen LogP contribution in [0.25, 0.3) is 0 Å².